The van der Waals surface area contributed by atoms with Crippen molar-refractivity contribution >= 4 is 33.0 Å². The highest BCUT2D eigenvalue weighted by molar-refractivity contribution is 7.89. The van der Waals surface area contributed by atoms with E-state index >= 15 is 0 Å². The zero-order chi connectivity index (χ0) is 15.8. The molecule has 0 amide bonds. The Kier molecular flexibility index (Phi) is 4.72. The fourth-order valence-corrected chi connectivity index (χ4v) is 4.98. The molecule has 0 aliphatic rings. The van der Waals surface area contributed by atoms with Gasteiger partial charge >= 0.3 is 0 Å². The first-order valence-corrected chi connectivity index (χ1v) is 8.82. The molecule has 0 aliphatic carbocycles. The number of benzene rings is 1. The third kappa shape index (κ3) is 3.45. The molecule has 2 rings (SSSR count). The van der Waals surface area contributed by atoms with Gasteiger partial charge in [0.1, 0.15) is 5.82 Å². The molecular weight excluding hydrogens is 333 g/mol. The summed E-state index contributed by atoms with van der Waals surface area (Å²) >= 11 is 7.19. The third-order valence-electron chi connectivity index (χ3n) is 3.10. The summed E-state index contributed by atoms with van der Waals surface area (Å²) < 4.78 is 40.5. The van der Waals surface area contributed by atoms with E-state index in [-0.39, 0.29) is 11.4 Å². The summed E-state index contributed by atoms with van der Waals surface area (Å²) in [5.41, 5.74) is 0.812. The van der Waals surface area contributed by atoms with Crippen LogP contribution in [0.4, 0.5) is 4.39 Å². The first-order valence-electron chi connectivity index (χ1n) is 6.19. The molecule has 21 heavy (non-hydrogen) atoms. The highest BCUT2D eigenvalue weighted by Crippen LogP contribution is 2.27. The zero-order valence-corrected chi connectivity index (χ0v) is 14.2. The van der Waals surface area contributed by atoms with Crippen LogP contribution in [0.5, 0.6) is 0 Å². The van der Waals surface area contributed by atoms with Gasteiger partial charge in [0.05, 0.1) is 9.23 Å². The minimum atomic E-state index is -3.68. The molecule has 1 heterocycles. The van der Waals surface area contributed by atoms with E-state index in [9.17, 15) is 12.8 Å². The second-order valence-electron chi connectivity index (χ2n) is 4.84. The topological polar surface area (TPSA) is 37.4 Å². The van der Waals surface area contributed by atoms with Gasteiger partial charge in [-0.25, -0.2) is 12.8 Å². The molecule has 0 aliphatic heterocycles. The largest absolute Gasteiger partial charge is 0.243 e. The van der Waals surface area contributed by atoms with E-state index in [1.165, 1.54) is 34.8 Å². The zero-order valence-electron chi connectivity index (χ0n) is 11.9. The van der Waals surface area contributed by atoms with Gasteiger partial charge in [-0.3, -0.25) is 0 Å². The van der Waals surface area contributed by atoms with E-state index in [0.717, 1.165) is 4.88 Å². The van der Waals surface area contributed by atoms with Crippen LogP contribution in [-0.4, -0.2) is 19.8 Å². The monoisotopic (exact) mass is 347 g/mol. The first-order chi connectivity index (χ1) is 9.71. The van der Waals surface area contributed by atoms with E-state index in [2.05, 4.69) is 0 Å². The lowest BCUT2D eigenvalue weighted by Crippen LogP contribution is -2.27. The van der Waals surface area contributed by atoms with Crippen LogP contribution in [0.3, 0.4) is 0 Å². The standard InChI is InChI=1S/C14H15ClFNO2S2/c1-9-6-11(16)7-10(2)14(9)21(18,19)17(3)8-12-4-5-13(15)20-12/h4-7H,8H2,1-3H3. The normalized spacial score (nSPS) is 12.1. The number of nitrogens with zero attached hydrogens (tertiary/aromatic N) is 1. The van der Waals surface area contributed by atoms with Crippen molar-refractivity contribution in [1.29, 1.82) is 0 Å². The molecule has 2 aromatic rings. The fourth-order valence-electron chi connectivity index (χ4n) is 2.20. The molecule has 1 aromatic carbocycles. The van der Waals surface area contributed by atoms with Crippen LogP contribution in [0, 0.1) is 19.7 Å². The predicted molar refractivity (Wildman–Crippen MR) is 83.9 cm³/mol. The molecule has 0 bridgehead atoms. The van der Waals surface area contributed by atoms with E-state index in [0.29, 0.717) is 15.5 Å². The fraction of sp³-hybridized carbons (Fsp3) is 0.286. The van der Waals surface area contributed by atoms with Crippen LogP contribution in [-0.2, 0) is 16.6 Å². The minimum absolute atomic E-state index is 0.161. The molecule has 3 nitrogen and oxygen atoms in total. The van der Waals surface area contributed by atoms with Crippen molar-refractivity contribution in [3.05, 3.63) is 50.4 Å². The maximum absolute atomic E-state index is 13.3. The molecule has 1 aromatic heterocycles. The van der Waals surface area contributed by atoms with Gasteiger partial charge in [-0.15, -0.1) is 11.3 Å². The summed E-state index contributed by atoms with van der Waals surface area (Å²) in [6.45, 7) is 3.42. The lowest BCUT2D eigenvalue weighted by Gasteiger charge is -2.19. The average Bonchev–Trinajstić information content (AvgIpc) is 2.72. The molecule has 0 radical (unpaired) electrons. The summed E-state index contributed by atoms with van der Waals surface area (Å²) in [6, 6.07) is 5.99. The summed E-state index contributed by atoms with van der Waals surface area (Å²) in [7, 11) is -2.17. The minimum Gasteiger partial charge on any atom is -0.207 e. The van der Waals surface area contributed by atoms with Crippen molar-refractivity contribution in [1.82, 2.24) is 4.31 Å². The molecule has 7 heteroatoms. The highest BCUT2D eigenvalue weighted by Gasteiger charge is 2.25. The van der Waals surface area contributed by atoms with Gasteiger partial charge in [-0.1, -0.05) is 11.6 Å². The Morgan fingerprint density at radius 2 is 1.81 bits per heavy atom. The number of sulfonamides is 1. The number of aryl methyl sites for hydroxylation is 2. The van der Waals surface area contributed by atoms with Crippen LogP contribution < -0.4 is 0 Å². The van der Waals surface area contributed by atoms with Crippen LogP contribution in [0.2, 0.25) is 4.34 Å². The molecular formula is C14H15ClFNO2S2. The smallest absolute Gasteiger partial charge is 0.207 e. The van der Waals surface area contributed by atoms with Crippen molar-refractivity contribution in [2.24, 2.45) is 0 Å². The number of thiophene rings is 1. The SMILES string of the molecule is Cc1cc(F)cc(C)c1S(=O)(=O)N(C)Cc1ccc(Cl)s1. The maximum atomic E-state index is 13.3. The summed E-state index contributed by atoms with van der Waals surface area (Å²) in [5.74, 6) is -0.434. The van der Waals surface area contributed by atoms with Gasteiger partial charge in [-0.2, -0.15) is 4.31 Å². The van der Waals surface area contributed by atoms with Crippen LogP contribution in [0.15, 0.2) is 29.2 Å². The van der Waals surface area contributed by atoms with Gasteiger partial charge in [-0.05, 0) is 49.2 Å². The Bertz CT molecular complexity index is 748. The summed E-state index contributed by atoms with van der Waals surface area (Å²) in [4.78, 5) is 1.01. The van der Waals surface area contributed by atoms with E-state index in [4.69, 9.17) is 11.6 Å². The molecule has 0 saturated carbocycles. The Morgan fingerprint density at radius 1 is 1.24 bits per heavy atom. The number of hydrogen-bond donors (Lipinski definition) is 0. The van der Waals surface area contributed by atoms with Crippen molar-refractivity contribution in [3.63, 3.8) is 0 Å². The van der Waals surface area contributed by atoms with Gasteiger partial charge in [0.25, 0.3) is 0 Å². The number of halogens is 2. The van der Waals surface area contributed by atoms with E-state index in [1.54, 1.807) is 26.0 Å². The van der Waals surface area contributed by atoms with Crippen molar-refractivity contribution in [3.8, 4) is 0 Å². The van der Waals surface area contributed by atoms with Gasteiger partial charge in [0, 0.05) is 18.5 Å². The second-order valence-corrected chi connectivity index (χ2v) is 8.62. The lowest BCUT2D eigenvalue weighted by molar-refractivity contribution is 0.468. The van der Waals surface area contributed by atoms with Crippen LogP contribution >= 0.6 is 22.9 Å². The molecule has 0 spiro atoms. The van der Waals surface area contributed by atoms with Crippen molar-refractivity contribution in [2.75, 3.05) is 7.05 Å². The van der Waals surface area contributed by atoms with Crippen molar-refractivity contribution in [2.45, 2.75) is 25.3 Å². The second kappa shape index (κ2) is 6.04. The summed E-state index contributed by atoms with van der Waals surface area (Å²) in [6.07, 6.45) is 0. The van der Waals surface area contributed by atoms with Gasteiger partial charge in [0.15, 0.2) is 0 Å². The van der Waals surface area contributed by atoms with Gasteiger partial charge in [0.2, 0.25) is 10.0 Å². The first kappa shape index (κ1) is 16.4. The molecule has 0 fully saturated rings. The van der Waals surface area contributed by atoms with Crippen molar-refractivity contribution < 1.29 is 12.8 Å². The Hall–Kier alpha value is -0.950. The van der Waals surface area contributed by atoms with Gasteiger partial charge < -0.3 is 0 Å². The third-order valence-corrected chi connectivity index (χ3v) is 6.43. The average molecular weight is 348 g/mol. The molecule has 114 valence electrons. The highest BCUT2D eigenvalue weighted by atomic mass is 35.5. The Labute approximate surface area is 133 Å². The van der Waals surface area contributed by atoms with E-state index < -0.39 is 15.8 Å². The molecule has 0 saturated heterocycles. The molecule has 0 unspecified atom stereocenters. The Balaban J connectivity index is 2.38. The van der Waals surface area contributed by atoms with Crippen LogP contribution in [0.1, 0.15) is 16.0 Å². The number of rotatable bonds is 4. The summed E-state index contributed by atoms with van der Waals surface area (Å²) in [5, 5.41) is 0. The quantitative estimate of drug-likeness (QED) is 0.839. The maximum Gasteiger partial charge on any atom is 0.243 e. The molecule has 0 N–H and O–H groups in total. The predicted octanol–water partition coefficient (Wildman–Crippen LogP) is 3.98. The Morgan fingerprint density at radius 3 is 2.29 bits per heavy atom. The number of hydrogen-bond acceptors (Lipinski definition) is 3. The van der Waals surface area contributed by atoms with E-state index in [1.807, 2.05) is 0 Å². The molecule has 0 atom stereocenters. The lowest BCUT2D eigenvalue weighted by atomic mass is 10.1. The van der Waals surface area contributed by atoms with Crippen LogP contribution in [0.25, 0.3) is 0 Å².